The lowest BCUT2D eigenvalue weighted by Gasteiger charge is -2.21. The maximum absolute atomic E-state index is 12.1. The molecule has 1 atom stereocenters. The zero-order valence-corrected chi connectivity index (χ0v) is 13.2. The molecule has 1 unspecified atom stereocenters. The molecule has 112 valence electrons. The number of hydrogen-bond donors (Lipinski definition) is 1. The molecule has 5 heteroatoms. The summed E-state index contributed by atoms with van der Waals surface area (Å²) in [5.74, 6) is 0.553. The van der Waals surface area contributed by atoms with Crippen molar-refractivity contribution in [2.24, 2.45) is 5.92 Å². The van der Waals surface area contributed by atoms with Crippen molar-refractivity contribution in [2.45, 2.75) is 37.5 Å². The highest BCUT2D eigenvalue weighted by molar-refractivity contribution is 7.89. The van der Waals surface area contributed by atoms with Crippen LogP contribution in [0.2, 0.25) is 0 Å². The molecule has 3 nitrogen and oxygen atoms in total. The predicted octanol–water partition coefficient (Wildman–Crippen LogP) is 3.47. The smallest absolute Gasteiger partial charge is 0.211 e. The van der Waals surface area contributed by atoms with Crippen LogP contribution in [-0.2, 0) is 10.0 Å². The molecule has 1 aromatic carbocycles. The topological polar surface area (TPSA) is 46.2 Å². The Labute approximate surface area is 126 Å². The SMILES string of the molecule is O=S(=O)(CC1CCCCC1)NCC(Cl)c1ccccc1. The average molecular weight is 316 g/mol. The lowest BCUT2D eigenvalue weighted by molar-refractivity contribution is 0.384. The molecular formula is C15H22ClNO2S. The van der Waals surface area contributed by atoms with Crippen LogP contribution in [0.5, 0.6) is 0 Å². The summed E-state index contributed by atoms with van der Waals surface area (Å²) in [6, 6.07) is 9.54. The van der Waals surface area contributed by atoms with Crippen molar-refractivity contribution < 1.29 is 8.42 Å². The van der Waals surface area contributed by atoms with E-state index in [2.05, 4.69) is 4.72 Å². The highest BCUT2D eigenvalue weighted by atomic mass is 35.5. The van der Waals surface area contributed by atoms with Crippen molar-refractivity contribution in [3.63, 3.8) is 0 Å². The quantitative estimate of drug-likeness (QED) is 0.817. The van der Waals surface area contributed by atoms with Crippen molar-refractivity contribution in [3.8, 4) is 0 Å². The number of nitrogens with one attached hydrogen (secondary N) is 1. The number of halogens is 1. The molecule has 1 aliphatic carbocycles. The molecule has 1 fully saturated rings. The van der Waals surface area contributed by atoms with E-state index in [9.17, 15) is 8.42 Å². The number of benzene rings is 1. The summed E-state index contributed by atoms with van der Waals surface area (Å²) in [4.78, 5) is 0. The normalized spacial score (nSPS) is 18.9. The van der Waals surface area contributed by atoms with Crippen LogP contribution in [0, 0.1) is 5.92 Å². The summed E-state index contributed by atoms with van der Waals surface area (Å²) in [5.41, 5.74) is 0.939. The highest BCUT2D eigenvalue weighted by Gasteiger charge is 2.22. The van der Waals surface area contributed by atoms with E-state index in [4.69, 9.17) is 11.6 Å². The molecule has 1 aromatic rings. The van der Waals surface area contributed by atoms with Gasteiger partial charge in [0.15, 0.2) is 0 Å². The lowest BCUT2D eigenvalue weighted by atomic mass is 9.91. The molecule has 1 saturated carbocycles. The van der Waals surface area contributed by atoms with Gasteiger partial charge in [-0.3, -0.25) is 0 Å². The Morgan fingerprint density at radius 1 is 1.15 bits per heavy atom. The van der Waals surface area contributed by atoms with Gasteiger partial charge in [-0.05, 0) is 24.3 Å². The van der Waals surface area contributed by atoms with Crippen LogP contribution >= 0.6 is 11.6 Å². The standard InChI is InChI=1S/C15H22ClNO2S/c16-15(14-9-5-2-6-10-14)11-17-20(18,19)12-13-7-3-1-4-8-13/h2,5-6,9-10,13,15,17H,1,3-4,7-8,11-12H2. The van der Waals surface area contributed by atoms with E-state index in [1.165, 1.54) is 6.42 Å². The summed E-state index contributed by atoms with van der Waals surface area (Å²) in [5, 5.41) is -0.322. The minimum absolute atomic E-state index is 0.241. The number of alkyl halides is 1. The molecule has 0 aromatic heterocycles. The summed E-state index contributed by atoms with van der Waals surface area (Å²) in [6.45, 7) is 0.251. The van der Waals surface area contributed by atoms with Gasteiger partial charge in [0.05, 0.1) is 11.1 Å². The van der Waals surface area contributed by atoms with Crippen molar-refractivity contribution in [2.75, 3.05) is 12.3 Å². The van der Waals surface area contributed by atoms with Crippen LogP contribution in [0.4, 0.5) is 0 Å². The van der Waals surface area contributed by atoms with Gasteiger partial charge in [0.1, 0.15) is 0 Å². The van der Waals surface area contributed by atoms with Gasteiger partial charge in [-0.1, -0.05) is 49.6 Å². The van der Waals surface area contributed by atoms with Crippen LogP contribution in [0.25, 0.3) is 0 Å². The van der Waals surface area contributed by atoms with Gasteiger partial charge in [0.2, 0.25) is 10.0 Å². The van der Waals surface area contributed by atoms with Gasteiger partial charge in [0.25, 0.3) is 0 Å². The van der Waals surface area contributed by atoms with Crippen LogP contribution in [0.15, 0.2) is 30.3 Å². The maximum atomic E-state index is 12.1. The first-order chi connectivity index (χ1) is 9.57. The van der Waals surface area contributed by atoms with E-state index in [1.54, 1.807) is 0 Å². The summed E-state index contributed by atoms with van der Waals surface area (Å²) < 4.78 is 26.8. The minimum atomic E-state index is -3.22. The van der Waals surface area contributed by atoms with Crippen molar-refractivity contribution in [1.29, 1.82) is 0 Å². The van der Waals surface area contributed by atoms with Crippen LogP contribution < -0.4 is 4.72 Å². The number of sulfonamides is 1. The first kappa shape index (κ1) is 15.8. The summed E-state index contributed by atoms with van der Waals surface area (Å²) in [7, 11) is -3.22. The molecule has 1 N–H and O–H groups in total. The van der Waals surface area contributed by atoms with E-state index < -0.39 is 10.0 Å². The largest absolute Gasteiger partial charge is 0.213 e. The van der Waals surface area contributed by atoms with E-state index in [0.29, 0.717) is 5.92 Å². The zero-order valence-electron chi connectivity index (χ0n) is 11.6. The fourth-order valence-corrected chi connectivity index (χ4v) is 4.51. The molecule has 0 heterocycles. The van der Waals surface area contributed by atoms with Crippen molar-refractivity contribution >= 4 is 21.6 Å². The van der Waals surface area contributed by atoms with Gasteiger partial charge in [-0.15, -0.1) is 11.6 Å². The molecule has 0 aliphatic heterocycles. The van der Waals surface area contributed by atoms with E-state index >= 15 is 0 Å². The Morgan fingerprint density at radius 3 is 2.45 bits per heavy atom. The van der Waals surface area contributed by atoms with Gasteiger partial charge < -0.3 is 0 Å². The van der Waals surface area contributed by atoms with Gasteiger partial charge in [-0.25, -0.2) is 13.1 Å². The molecule has 1 aliphatic rings. The average Bonchev–Trinajstić information content (AvgIpc) is 2.46. The zero-order chi connectivity index (χ0) is 14.4. The second-order valence-electron chi connectivity index (χ2n) is 5.51. The molecule has 2 rings (SSSR count). The highest BCUT2D eigenvalue weighted by Crippen LogP contribution is 2.25. The molecule has 0 bridgehead atoms. The fourth-order valence-electron chi connectivity index (χ4n) is 2.70. The maximum Gasteiger partial charge on any atom is 0.211 e. The van der Waals surface area contributed by atoms with Crippen LogP contribution in [0.3, 0.4) is 0 Å². The van der Waals surface area contributed by atoms with Gasteiger partial charge >= 0.3 is 0 Å². The van der Waals surface area contributed by atoms with Gasteiger partial charge in [0, 0.05) is 6.54 Å². The Hall–Kier alpha value is -0.580. The molecule has 20 heavy (non-hydrogen) atoms. The Bertz CT molecular complexity index is 498. The Kier molecular flexibility index (Phi) is 5.87. The van der Waals surface area contributed by atoms with E-state index in [0.717, 1.165) is 31.2 Å². The first-order valence-electron chi connectivity index (χ1n) is 7.23. The Morgan fingerprint density at radius 2 is 1.80 bits per heavy atom. The summed E-state index contributed by atoms with van der Waals surface area (Å²) in [6.07, 6.45) is 5.61. The fraction of sp³-hybridized carbons (Fsp3) is 0.600. The molecule has 0 saturated heterocycles. The monoisotopic (exact) mass is 315 g/mol. The lowest BCUT2D eigenvalue weighted by Crippen LogP contribution is -2.32. The third kappa shape index (κ3) is 5.08. The van der Waals surface area contributed by atoms with Crippen LogP contribution in [0.1, 0.15) is 43.0 Å². The van der Waals surface area contributed by atoms with Crippen LogP contribution in [-0.4, -0.2) is 20.7 Å². The van der Waals surface area contributed by atoms with E-state index in [-0.39, 0.29) is 17.7 Å². The third-order valence-corrected chi connectivity index (χ3v) is 5.75. The van der Waals surface area contributed by atoms with Crippen molar-refractivity contribution in [3.05, 3.63) is 35.9 Å². The first-order valence-corrected chi connectivity index (χ1v) is 9.32. The molecular weight excluding hydrogens is 294 g/mol. The minimum Gasteiger partial charge on any atom is -0.213 e. The molecule has 0 radical (unpaired) electrons. The summed E-state index contributed by atoms with van der Waals surface area (Å²) >= 11 is 6.23. The Balaban J connectivity index is 1.82. The molecule has 0 spiro atoms. The van der Waals surface area contributed by atoms with Gasteiger partial charge in [-0.2, -0.15) is 0 Å². The number of hydrogen-bond acceptors (Lipinski definition) is 2. The molecule has 0 amide bonds. The van der Waals surface area contributed by atoms with Crippen molar-refractivity contribution in [1.82, 2.24) is 4.72 Å². The second kappa shape index (κ2) is 7.43. The third-order valence-electron chi connectivity index (χ3n) is 3.82. The predicted molar refractivity (Wildman–Crippen MR) is 83.4 cm³/mol. The number of rotatable bonds is 6. The van der Waals surface area contributed by atoms with E-state index in [1.807, 2.05) is 30.3 Å². The second-order valence-corrected chi connectivity index (χ2v) is 7.89.